The minimum Gasteiger partial charge on any atom is -0.309 e. The molecule has 2 heterocycles. The standard InChI is InChI=1S/C42H37N3/c1-5-25-43-39(6-2)36-27-35(28-37(29-36)40-12-7-8-26-44-40)32-19-21-38(22-20-32)45-41(33-11-9-10-30(3)13-16-33)23-24-42(45)34-17-14-31(4)15-18-34/h5-30H,1H2,2-4H3/b39-6-,43-25?. The molecule has 0 saturated heterocycles. The summed E-state index contributed by atoms with van der Waals surface area (Å²) in [5.41, 5.74) is 13.2. The summed E-state index contributed by atoms with van der Waals surface area (Å²) in [6, 6.07) is 34.6. The minimum atomic E-state index is 0.398. The first-order valence-electron chi connectivity index (χ1n) is 15.4. The zero-order chi connectivity index (χ0) is 31.2. The molecule has 0 fully saturated rings. The number of rotatable bonds is 8. The fourth-order valence-electron chi connectivity index (χ4n) is 5.65. The van der Waals surface area contributed by atoms with E-state index in [1.54, 1.807) is 12.3 Å². The molecule has 0 bridgehead atoms. The molecule has 1 unspecified atom stereocenters. The molecule has 0 amide bonds. The molecule has 3 heteroatoms. The van der Waals surface area contributed by atoms with Crippen LogP contribution in [0.15, 0.2) is 157 Å². The molecule has 3 nitrogen and oxygen atoms in total. The summed E-state index contributed by atoms with van der Waals surface area (Å²) in [5, 5.41) is 0. The van der Waals surface area contributed by atoms with Crippen molar-refractivity contribution >= 4 is 17.5 Å². The van der Waals surface area contributed by atoms with Gasteiger partial charge in [0.15, 0.2) is 0 Å². The van der Waals surface area contributed by atoms with Gasteiger partial charge in [0.25, 0.3) is 0 Å². The molecule has 0 spiro atoms. The number of nitrogens with zero attached hydrogens (tertiary/aromatic N) is 3. The van der Waals surface area contributed by atoms with Crippen LogP contribution in [-0.4, -0.2) is 15.8 Å². The van der Waals surface area contributed by atoms with Crippen molar-refractivity contribution in [2.45, 2.75) is 20.8 Å². The molecule has 3 aromatic carbocycles. The van der Waals surface area contributed by atoms with Gasteiger partial charge in [-0.1, -0.05) is 104 Å². The predicted molar refractivity (Wildman–Crippen MR) is 192 cm³/mol. The second-order valence-corrected chi connectivity index (χ2v) is 11.3. The van der Waals surface area contributed by atoms with Crippen LogP contribution in [0.2, 0.25) is 0 Å². The fraction of sp³-hybridized carbons (Fsp3) is 0.0952. The lowest BCUT2D eigenvalue weighted by Crippen LogP contribution is -2.01. The number of aliphatic imine (C=N–C) groups is 1. The molecule has 1 aliphatic rings. The minimum absolute atomic E-state index is 0.398. The number of pyridine rings is 1. The largest absolute Gasteiger partial charge is 0.309 e. The fourth-order valence-corrected chi connectivity index (χ4v) is 5.65. The quantitative estimate of drug-likeness (QED) is 0.167. The third kappa shape index (κ3) is 6.53. The maximum atomic E-state index is 4.64. The van der Waals surface area contributed by atoms with Crippen LogP contribution in [0.25, 0.3) is 50.6 Å². The third-order valence-electron chi connectivity index (χ3n) is 8.03. The summed E-state index contributed by atoms with van der Waals surface area (Å²) in [6.07, 6.45) is 18.4. The van der Waals surface area contributed by atoms with Crippen molar-refractivity contribution < 1.29 is 0 Å². The van der Waals surface area contributed by atoms with Gasteiger partial charge in [0.2, 0.25) is 0 Å². The number of hydrogen-bond donors (Lipinski definition) is 0. The molecule has 45 heavy (non-hydrogen) atoms. The summed E-state index contributed by atoms with van der Waals surface area (Å²) in [7, 11) is 0. The van der Waals surface area contributed by atoms with E-state index >= 15 is 0 Å². The van der Waals surface area contributed by atoms with E-state index in [-0.39, 0.29) is 0 Å². The highest BCUT2D eigenvalue weighted by Gasteiger charge is 2.16. The Morgan fingerprint density at radius 2 is 1.58 bits per heavy atom. The molecule has 2 aromatic heterocycles. The number of aryl methyl sites for hydroxylation is 1. The topological polar surface area (TPSA) is 30.2 Å². The average molecular weight is 584 g/mol. The van der Waals surface area contributed by atoms with Crippen molar-refractivity contribution in [1.29, 1.82) is 0 Å². The van der Waals surface area contributed by atoms with Crippen LogP contribution in [0.4, 0.5) is 0 Å². The van der Waals surface area contributed by atoms with Gasteiger partial charge >= 0.3 is 0 Å². The van der Waals surface area contributed by atoms with E-state index in [9.17, 15) is 0 Å². The summed E-state index contributed by atoms with van der Waals surface area (Å²) in [4.78, 5) is 9.27. The Morgan fingerprint density at radius 1 is 0.822 bits per heavy atom. The van der Waals surface area contributed by atoms with Crippen LogP contribution >= 0.6 is 0 Å². The third-order valence-corrected chi connectivity index (χ3v) is 8.03. The van der Waals surface area contributed by atoms with Gasteiger partial charge in [0.05, 0.1) is 22.8 Å². The Labute approximate surface area is 266 Å². The van der Waals surface area contributed by atoms with Gasteiger partial charge in [-0.3, -0.25) is 9.98 Å². The molecule has 220 valence electrons. The highest BCUT2D eigenvalue weighted by Crippen LogP contribution is 2.35. The van der Waals surface area contributed by atoms with Crippen molar-refractivity contribution in [1.82, 2.24) is 9.55 Å². The monoisotopic (exact) mass is 583 g/mol. The van der Waals surface area contributed by atoms with Gasteiger partial charge in [0.1, 0.15) is 0 Å². The summed E-state index contributed by atoms with van der Waals surface area (Å²) >= 11 is 0. The van der Waals surface area contributed by atoms with E-state index in [1.807, 2.05) is 37.4 Å². The molecular weight excluding hydrogens is 546 g/mol. The van der Waals surface area contributed by atoms with Crippen LogP contribution in [-0.2, 0) is 0 Å². The maximum absolute atomic E-state index is 4.64. The number of hydrogen-bond acceptors (Lipinski definition) is 2. The van der Waals surface area contributed by atoms with E-state index in [0.717, 1.165) is 50.7 Å². The van der Waals surface area contributed by atoms with Crippen molar-refractivity contribution in [2.75, 3.05) is 0 Å². The van der Waals surface area contributed by atoms with E-state index in [1.165, 1.54) is 16.7 Å². The second-order valence-electron chi connectivity index (χ2n) is 11.3. The van der Waals surface area contributed by atoms with E-state index in [2.05, 4.69) is 144 Å². The smallest absolute Gasteiger partial charge is 0.0702 e. The Bertz CT molecular complexity index is 1960. The van der Waals surface area contributed by atoms with Crippen molar-refractivity contribution in [2.24, 2.45) is 10.9 Å². The summed E-state index contributed by atoms with van der Waals surface area (Å²) in [6.45, 7) is 10.1. The van der Waals surface area contributed by atoms with Crippen LogP contribution < -0.4 is 0 Å². The molecule has 0 N–H and O–H groups in total. The molecule has 1 atom stereocenters. The highest BCUT2D eigenvalue weighted by atomic mass is 15.0. The molecule has 0 radical (unpaired) electrons. The van der Waals surface area contributed by atoms with Crippen LogP contribution in [0.3, 0.4) is 0 Å². The number of benzene rings is 3. The first-order valence-corrected chi connectivity index (χ1v) is 15.4. The van der Waals surface area contributed by atoms with Crippen molar-refractivity contribution in [3.05, 3.63) is 169 Å². The highest BCUT2D eigenvalue weighted by molar-refractivity contribution is 5.84. The van der Waals surface area contributed by atoms with Gasteiger partial charge in [-0.05, 0) is 96.6 Å². The summed E-state index contributed by atoms with van der Waals surface area (Å²) < 4.78 is 2.37. The van der Waals surface area contributed by atoms with Gasteiger partial charge < -0.3 is 4.57 Å². The lowest BCUT2D eigenvalue weighted by molar-refractivity contribution is 0.942. The zero-order valence-electron chi connectivity index (χ0n) is 26.1. The molecule has 1 aliphatic carbocycles. The van der Waals surface area contributed by atoms with Crippen LogP contribution in [0.5, 0.6) is 0 Å². The van der Waals surface area contributed by atoms with Crippen molar-refractivity contribution in [3.8, 4) is 39.3 Å². The average Bonchev–Trinajstić information content (AvgIpc) is 3.40. The second kappa shape index (κ2) is 13.4. The van der Waals surface area contributed by atoms with E-state index < -0.39 is 0 Å². The summed E-state index contributed by atoms with van der Waals surface area (Å²) in [5.74, 6) is 0.398. The zero-order valence-corrected chi connectivity index (χ0v) is 26.1. The SMILES string of the molecule is C=CC=N/C(=C\C)c1cc(-c2ccc(-n3c(C4=CC=CC(C)C=C4)ccc3-c3ccc(C)cc3)cc2)cc(-c2ccccn2)c1. The lowest BCUT2D eigenvalue weighted by atomic mass is 9.96. The number of allylic oxidation sites excluding steroid dienone is 8. The van der Waals surface area contributed by atoms with Crippen molar-refractivity contribution in [3.63, 3.8) is 0 Å². The molecule has 0 saturated carbocycles. The van der Waals surface area contributed by atoms with E-state index in [4.69, 9.17) is 0 Å². The first kappa shape index (κ1) is 29.5. The van der Waals surface area contributed by atoms with Gasteiger partial charge in [-0.25, -0.2) is 0 Å². The Morgan fingerprint density at radius 3 is 2.31 bits per heavy atom. The van der Waals surface area contributed by atoms with Crippen LogP contribution in [0.1, 0.15) is 30.7 Å². The molecule has 6 rings (SSSR count). The lowest BCUT2D eigenvalue weighted by Gasteiger charge is -2.16. The van der Waals surface area contributed by atoms with Gasteiger partial charge in [0, 0.05) is 29.2 Å². The number of aromatic nitrogens is 2. The molecule has 0 aliphatic heterocycles. The Balaban J connectivity index is 1.46. The Hall–Kier alpha value is -5.54. The maximum Gasteiger partial charge on any atom is 0.0702 e. The normalized spacial score (nSPS) is 14.9. The first-order chi connectivity index (χ1) is 22.0. The van der Waals surface area contributed by atoms with Gasteiger partial charge in [-0.15, -0.1) is 0 Å². The van der Waals surface area contributed by atoms with Gasteiger partial charge in [-0.2, -0.15) is 0 Å². The molecule has 5 aromatic rings. The predicted octanol–water partition coefficient (Wildman–Crippen LogP) is 10.9. The molecular formula is C42H37N3. The van der Waals surface area contributed by atoms with E-state index in [0.29, 0.717) is 5.92 Å². The van der Waals surface area contributed by atoms with Crippen LogP contribution in [0, 0.1) is 12.8 Å². The Kier molecular flexibility index (Phi) is 8.79.